The molecule has 6 atom stereocenters. The molecule has 2 heterocycles. The Morgan fingerprint density at radius 1 is 0.586 bits per heavy atom. The summed E-state index contributed by atoms with van der Waals surface area (Å²) < 4.78 is 63.1. The maximum atomic E-state index is 15.1. The fourth-order valence-electron chi connectivity index (χ4n) is 9.18. The monoisotopic (exact) mass is 1000 g/mol. The van der Waals surface area contributed by atoms with E-state index < -0.39 is 55.0 Å². The van der Waals surface area contributed by atoms with Crippen LogP contribution in [0.4, 0.5) is 0 Å². The first-order valence-corrected chi connectivity index (χ1v) is 28.2. The Labute approximate surface area is 419 Å². The third-order valence-electron chi connectivity index (χ3n) is 14.1. The number of carbonyl (C=O) groups excluding carboxylic acids is 4. The summed E-state index contributed by atoms with van der Waals surface area (Å²) in [5.74, 6) is -1.52. The van der Waals surface area contributed by atoms with Crippen molar-refractivity contribution in [1.82, 2.24) is 29.0 Å². The number of nitrogens with zero attached hydrogens (tertiary/aromatic N) is 4. The van der Waals surface area contributed by atoms with Crippen molar-refractivity contribution in [3.8, 4) is 0 Å². The van der Waals surface area contributed by atoms with Crippen LogP contribution in [0.15, 0.2) is 94.7 Å². The lowest BCUT2D eigenvalue weighted by atomic mass is 9.85. The third-order valence-corrected chi connectivity index (χ3v) is 17.9. The lowest BCUT2D eigenvalue weighted by Gasteiger charge is -2.37. The van der Waals surface area contributed by atoms with Crippen LogP contribution in [-0.2, 0) is 52.1 Å². The van der Waals surface area contributed by atoms with E-state index in [2.05, 4.69) is 10.6 Å². The summed E-state index contributed by atoms with van der Waals surface area (Å²) in [6, 6.07) is 21.9. The molecule has 0 bridgehead atoms. The van der Waals surface area contributed by atoms with Crippen LogP contribution in [-0.4, -0.2) is 122 Å². The SMILES string of the molecule is CC[C@@H](C)C(=O)N[C@H](C(=O)N1CCC[C@H]1CN(CCc1ccccc1)S(=O)(=O)c1cccc(S(=O)(=O)N(CCc2ccccc2)C[C@@H]2CCCN2C(=O)[C@@H](NC(=O)[C@H](C)CC)C(C)(C)C)c1)C(C)(C)C. The van der Waals surface area contributed by atoms with Crippen molar-refractivity contribution in [2.75, 3.05) is 39.3 Å². The van der Waals surface area contributed by atoms with Crippen molar-refractivity contribution in [3.05, 3.63) is 96.1 Å². The molecule has 2 N–H and O–H groups in total. The van der Waals surface area contributed by atoms with Crippen LogP contribution in [0.1, 0.15) is 119 Å². The molecule has 0 aliphatic carbocycles. The van der Waals surface area contributed by atoms with Gasteiger partial charge in [0.05, 0.1) is 9.79 Å². The fraction of sp³-hybridized carbons (Fsp3) is 0.593. The van der Waals surface area contributed by atoms with E-state index in [4.69, 9.17) is 0 Å². The van der Waals surface area contributed by atoms with E-state index in [1.165, 1.54) is 32.9 Å². The number of amides is 4. The van der Waals surface area contributed by atoms with Crippen LogP contribution in [0, 0.1) is 22.7 Å². The Morgan fingerprint density at radius 3 is 1.27 bits per heavy atom. The van der Waals surface area contributed by atoms with Gasteiger partial charge in [0.2, 0.25) is 43.7 Å². The predicted molar refractivity (Wildman–Crippen MR) is 275 cm³/mol. The van der Waals surface area contributed by atoms with Crippen LogP contribution in [0.2, 0.25) is 0 Å². The van der Waals surface area contributed by atoms with Gasteiger partial charge >= 0.3 is 0 Å². The average Bonchev–Trinajstić information content (AvgIpc) is 4.01. The van der Waals surface area contributed by atoms with Gasteiger partial charge in [0.1, 0.15) is 12.1 Å². The Bertz CT molecular complexity index is 2290. The number of hydrogen-bond acceptors (Lipinski definition) is 8. The quantitative estimate of drug-likeness (QED) is 0.106. The van der Waals surface area contributed by atoms with Crippen LogP contribution in [0.3, 0.4) is 0 Å². The zero-order valence-electron chi connectivity index (χ0n) is 43.3. The van der Waals surface area contributed by atoms with E-state index in [1.54, 1.807) is 9.80 Å². The molecule has 2 fully saturated rings. The van der Waals surface area contributed by atoms with Gasteiger partial charge in [0, 0.05) is 63.2 Å². The molecule has 2 aliphatic heterocycles. The van der Waals surface area contributed by atoms with Gasteiger partial charge in [-0.15, -0.1) is 0 Å². The minimum Gasteiger partial charge on any atom is -0.344 e. The Balaban J connectivity index is 1.48. The summed E-state index contributed by atoms with van der Waals surface area (Å²) in [4.78, 5) is 58.3. The molecule has 3 aromatic carbocycles. The Hall–Kier alpha value is -4.64. The lowest BCUT2D eigenvalue weighted by Crippen LogP contribution is -2.57. The highest BCUT2D eigenvalue weighted by atomic mass is 32.2. The number of hydrogen-bond donors (Lipinski definition) is 2. The lowest BCUT2D eigenvalue weighted by molar-refractivity contribution is -0.141. The standard InChI is InChI=1S/C54H80N6O8S2/c1-11-39(3)49(61)55-47(53(5,6)7)51(63)59-32-20-26-43(59)37-57(34-30-41-22-15-13-16-23-41)69(65,66)45-28-19-29-46(36-45)70(67,68)58(35-31-42-24-17-14-18-25-42)38-44-27-21-33-60(44)52(64)48(54(8,9)10)56-50(62)40(4)12-2/h13-19,22-25,28-29,36,39-40,43-44,47-48H,11-12,20-21,26-27,30-35,37-38H2,1-10H3,(H,55,61)(H,56,62)/t39-,40-,43+,44+,47-,48-/m1/s1. The largest absolute Gasteiger partial charge is 0.344 e. The van der Waals surface area contributed by atoms with E-state index in [0.717, 1.165) is 11.1 Å². The van der Waals surface area contributed by atoms with Crippen molar-refractivity contribution in [3.63, 3.8) is 0 Å². The van der Waals surface area contributed by atoms with Gasteiger partial charge in [0.15, 0.2) is 0 Å². The molecule has 16 heteroatoms. The first kappa shape index (κ1) is 56.3. The molecule has 0 radical (unpaired) electrons. The van der Waals surface area contributed by atoms with Crippen LogP contribution >= 0.6 is 0 Å². The van der Waals surface area contributed by atoms with E-state index in [-0.39, 0.29) is 71.4 Å². The topological polar surface area (TPSA) is 174 Å². The zero-order chi connectivity index (χ0) is 51.6. The van der Waals surface area contributed by atoms with E-state index in [0.29, 0.717) is 64.5 Å². The smallest absolute Gasteiger partial charge is 0.245 e. The van der Waals surface area contributed by atoms with Crippen molar-refractivity contribution in [1.29, 1.82) is 0 Å². The molecule has 70 heavy (non-hydrogen) atoms. The first-order chi connectivity index (χ1) is 32.9. The summed E-state index contributed by atoms with van der Waals surface area (Å²) in [5.41, 5.74) is 0.579. The first-order valence-electron chi connectivity index (χ1n) is 25.3. The minimum atomic E-state index is -4.38. The highest BCUT2D eigenvalue weighted by Crippen LogP contribution is 2.31. The van der Waals surface area contributed by atoms with Gasteiger partial charge in [-0.05, 0) is 91.5 Å². The highest BCUT2D eigenvalue weighted by molar-refractivity contribution is 7.90. The van der Waals surface area contributed by atoms with Crippen molar-refractivity contribution in [2.24, 2.45) is 22.7 Å². The zero-order valence-corrected chi connectivity index (χ0v) is 45.0. The van der Waals surface area contributed by atoms with Crippen molar-refractivity contribution in [2.45, 2.75) is 155 Å². The fourth-order valence-corrected chi connectivity index (χ4v) is 12.3. The average molecular weight is 1010 g/mol. The Kier molecular flexibility index (Phi) is 19.4. The van der Waals surface area contributed by atoms with E-state index in [1.807, 2.05) is 130 Å². The third kappa shape index (κ3) is 14.3. The number of nitrogens with one attached hydrogen (secondary N) is 2. The number of sulfonamides is 2. The summed E-state index contributed by atoms with van der Waals surface area (Å²) in [6.07, 6.45) is 4.37. The summed E-state index contributed by atoms with van der Waals surface area (Å²) in [5, 5.41) is 6.01. The maximum Gasteiger partial charge on any atom is 0.245 e. The van der Waals surface area contributed by atoms with E-state index >= 15 is 16.8 Å². The van der Waals surface area contributed by atoms with Crippen molar-refractivity contribution >= 4 is 43.7 Å². The predicted octanol–water partition coefficient (Wildman–Crippen LogP) is 7.29. The number of likely N-dealkylation sites (tertiary alicyclic amines) is 2. The van der Waals surface area contributed by atoms with Gasteiger partial charge in [-0.1, -0.05) is 136 Å². The molecular formula is C54H80N6O8S2. The normalized spacial score (nSPS) is 18.7. The number of carbonyl (C=O) groups is 4. The number of rotatable bonds is 22. The van der Waals surface area contributed by atoms with Gasteiger partial charge < -0.3 is 20.4 Å². The molecule has 0 spiro atoms. The van der Waals surface area contributed by atoms with Gasteiger partial charge in [-0.3, -0.25) is 19.2 Å². The van der Waals surface area contributed by atoms with E-state index in [9.17, 15) is 19.2 Å². The summed E-state index contributed by atoms with van der Waals surface area (Å²) in [6.45, 7) is 19.8. The van der Waals surface area contributed by atoms with Gasteiger partial charge in [-0.25, -0.2) is 16.8 Å². The molecule has 4 amide bonds. The summed E-state index contributed by atoms with van der Waals surface area (Å²) >= 11 is 0. The molecule has 3 aromatic rings. The second kappa shape index (κ2) is 24.2. The highest BCUT2D eigenvalue weighted by Gasteiger charge is 2.44. The second-order valence-electron chi connectivity index (χ2n) is 21.6. The molecule has 0 aromatic heterocycles. The molecule has 0 unspecified atom stereocenters. The molecule has 14 nitrogen and oxygen atoms in total. The molecule has 2 saturated heterocycles. The molecule has 386 valence electrons. The summed E-state index contributed by atoms with van der Waals surface area (Å²) in [7, 11) is -8.77. The molecule has 2 aliphatic rings. The molecule has 5 rings (SSSR count). The number of benzene rings is 3. The van der Waals surface area contributed by atoms with Gasteiger partial charge in [-0.2, -0.15) is 8.61 Å². The van der Waals surface area contributed by atoms with Crippen LogP contribution < -0.4 is 10.6 Å². The molecular weight excluding hydrogens is 925 g/mol. The Morgan fingerprint density at radius 2 is 0.943 bits per heavy atom. The molecule has 0 saturated carbocycles. The minimum absolute atomic E-state index is 0.0316. The van der Waals surface area contributed by atoms with Crippen LogP contribution in [0.5, 0.6) is 0 Å². The van der Waals surface area contributed by atoms with Crippen molar-refractivity contribution < 1.29 is 36.0 Å². The van der Waals surface area contributed by atoms with Crippen LogP contribution in [0.25, 0.3) is 0 Å². The second-order valence-corrected chi connectivity index (χ2v) is 25.4. The maximum absolute atomic E-state index is 15.1. The van der Waals surface area contributed by atoms with Gasteiger partial charge in [0.25, 0.3) is 0 Å².